The van der Waals surface area contributed by atoms with Crippen LogP contribution < -0.4 is 13.8 Å². The molecular formula is C35H30Cl2F2N4O8S. The third-order valence-electron chi connectivity index (χ3n) is 8.32. The maximum Gasteiger partial charge on any atom is 0.387 e. The lowest BCUT2D eigenvalue weighted by Crippen LogP contribution is -2.36. The number of rotatable bonds is 15. The quantitative estimate of drug-likeness (QED) is 0.100. The molecule has 6 rings (SSSR count). The van der Waals surface area contributed by atoms with Crippen LogP contribution >= 0.6 is 23.2 Å². The zero-order valence-corrected chi connectivity index (χ0v) is 29.7. The van der Waals surface area contributed by atoms with Crippen LogP contribution in [0.2, 0.25) is 10.0 Å². The second-order valence-corrected chi connectivity index (χ2v) is 14.9. The predicted octanol–water partition coefficient (Wildman–Crippen LogP) is 6.26. The van der Waals surface area contributed by atoms with Crippen LogP contribution in [0.1, 0.15) is 56.4 Å². The number of anilines is 1. The van der Waals surface area contributed by atoms with E-state index in [9.17, 15) is 31.6 Å². The Hall–Kier alpha value is -4.86. The first kappa shape index (κ1) is 36.9. The van der Waals surface area contributed by atoms with Crippen molar-refractivity contribution >= 4 is 56.7 Å². The van der Waals surface area contributed by atoms with Gasteiger partial charge in [-0.2, -0.15) is 8.78 Å². The largest absolute Gasteiger partial charge is 0.489 e. The summed E-state index contributed by atoms with van der Waals surface area (Å²) >= 11 is 12.8. The fourth-order valence-corrected chi connectivity index (χ4v) is 6.93. The number of aromatic nitrogens is 2. The van der Waals surface area contributed by atoms with Crippen molar-refractivity contribution in [1.29, 1.82) is 0 Å². The van der Waals surface area contributed by atoms with Crippen molar-refractivity contribution in [3.8, 4) is 11.5 Å². The van der Waals surface area contributed by atoms with Gasteiger partial charge in [-0.25, -0.2) is 8.42 Å². The van der Waals surface area contributed by atoms with Gasteiger partial charge in [-0.05, 0) is 71.8 Å². The molecule has 1 atom stereocenters. The van der Waals surface area contributed by atoms with Crippen LogP contribution in [-0.4, -0.2) is 67.1 Å². The summed E-state index contributed by atoms with van der Waals surface area (Å²) in [5.74, 6) is -2.57. The van der Waals surface area contributed by atoms with Crippen LogP contribution in [0.25, 0.3) is 0 Å². The predicted molar refractivity (Wildman–Crippen MR) is 185 cm³/mol. The number of nitrogens with zero attached hydrogens (tertiary/aromatic N) is 4. The summed E-state index contributed by atoms with van der Waals surface area (Å²) in [5, 5.41) is 0.332. The zero-order valence-electron chi connectivity index (χ0n) is 27.4. The SMILES string of the molecule is CS(=O)(=O)N(Cc1cccnc1)c1ccc2c(c1)C(=O)N(CC(=O)O[C@@H](Cc1c(Cl)cncc1Cl)c1ccc(OC(F)F)c(OCC3CC3)c1)C2=O. The van der Waals surface area contributed by atoms with Gasteiger partial charge in [-0.15, -0.1) is 0 Å². The molecule has 0 bridgehead atoms. The third-order valence-corrected chi connectivity index (χ3v) is 10.1. The number of hydrogen-bond acceptors (Lipinski definition) is 10. The van der Waals surface area contributed by atoms with Gasteiger partial charge in [0.15, 0.2) is 11.5 Å². The second kappa shape index (κ2) is 15.4. The van der Waals surface area contributed by atoms with E-state index in [0.717, 1.165) is 23.4 Å². The number of ether oxygens (including phenoxy) is 3. The average molecular weight is 776 g/mol. The van der Waals surface area contributed by atoms with Gasteiger partial charge in [0.05, 0.1) is 46.3 Å². The molecule has 1 saturated carbocycles. The van der Waals surface area contributed by atoms with Crippen molar-refractivity contribution in [1.82, 2.24) is 14.9 Å². The van der Waals surface area contributed by atoms with Gasteiger partial charge < -0.3 is 14.2 Å². The van der Waals surface area contributed by atoms with Gasteiger partial charge in [0.2, 0.25) is 10.0 Å². The minimum atomic E-state index is -3.84. The molecule has 2 aliphatic rings. The van der Waals surface area contributed by atoms with E-state index in [1.807, 2.05) is 0 Å². The van der Waals surface area contributed by atoms with Gasteiger partial charge in [0.1, 0.15) is 12.6 Å². The lowest BCUT2D eigenvalue weighted by molar-refractivity contribution is -0.149. The van der Waals surface area contributed by atoms with Crippen LogP contribution in [0.3, 0.4) is 0 Å². The number of carbonyl (C=O) groups excluding carboxylic acids is 3. The first-order valence-electron chi connectivity index (χ1n) is 15.8. The molecule has 1 aliphatic carbocycles. The van der Waals surface area contributed by atoms with Crippen molar-refractivity contribution in [3.05, 3.63) is 111 Å². The molecule has 0 saturated heterocycles. The second-order valence-electron chi connectivity index (χ2n) is 12.2. The monoisotopic (exact) mass is 774 g/mol. The number of benzene rings is 2. The fraction of sp³-hybridized carbons (Fsp3) is 0.286. The number of halogens is 4. The molecule has 2 aromatic carbocycles. The average Bonchev–Trinajstić information content (AvgIpc) is 3.90. The summed E-state index contributed by atoms with van der Waals surface area (Å²) in [6.07, 6.45) is 7.36. The molecule has 0 N–H and O–H groups in total. The highest BCUT2D eigenvalue weighted by Gasteiger charge is 2.38. The van der Waals surface area contributed by atoms with Gasteiger partial charge >= 0.3 is 12.6 Å². The Labute approximate surface area is 307 Å². The molecule has 12 nitrogen and oxygen atoms in total. The van der Waals surface area contributed by atoms with Crippen LogP contribution in [0, 0.1) is 5.92 Å². The van der Waals surface area contributed by atoms with Crippen LogP contribution in [-0.2, 0) is 32.5 Å². The Morgan fingerprint density at radius 2 is 1.71 bits per heavy atom. The van der Waals surface area contributed by atoms with Crippen molar-refractivity contribution < 1.29 is 45.8 Å². The first-order valence-corrected chi connectivity index (χ1v) is 18.4. The normalized spacial score (nSPS) is 14.7. The molecule has 52 heavy (non-hydrogen) atoms. The van der Waals surface area contributed by atoms with Crippen LogP contribution in [0.15, 0.2) is 73.3 Å². The van der Waals surface area contributed by atoms with Crippen molar-refractivity contribution in [2.75, 3.05) is 23.7 Å². The van der Waals surface area contributed by atoms with Gasteiger partial charge in [0, 0.05) is 31.2 Å². The van der Waals surface area contributed by atoms with E-state index < -0.39 is 47.1 Å². The molecular weight excluding hydrogens is 745 g/mol. The molecule has 1 aliphatic heterocycles. The molecule has 2 amide bonds. The minimum absolute atomic E-state index is 0.000452. The molecule has 2 aromatic heterocycles. The fourth-order valence-electron chi connectivity index (χ4n) is 5.53. The number of carbonyl (C=O) groups is 3. The van der Waals surface area contributed by atoms with Crippen LogP contribution in [0.4, 0.5) is 14.5 Å². The van der Waals surface area contributed by atoms with Crippen molar-refractivity contribution in [2.24, 2.45) is 5.92 Å². The number of amides is 2. The Morgan fingerprint density at radius 3 is 2.37 bits per heavy atom. The van der Waals surface area contributed by atoms with Crippen molar-refractivity contribution in [3.63, 3.8) is 0 Å². The van der Waals surface area contributed by atoms with E-state index in [1.54, 1.807) is 18.3 Å². The highest BCUT2D eigenvalue weighted by atomic mass is 35.5. The van der Waals surface area contributed by atoms with Gasteiger partial charge in [-0.1, -0.05) is 35.3 Å². The summed E-state index contributed by atoms with van der Waals surface area (Å²) in [5.41, 5.74) is 1.23. The van der Waals surface area contributed by atoms with Crippen LogP contribution in [0.5, 0.6) is 11.5 Å². The molecule has 1 fully saturated rings. The van der Waals surface area contributed by atoms with E-state index in [2.05, 4.69) is 14.7 Å². The summed E-state index contributed by atoms with van der Waals surface area (Å²) in [7, 11) is -3.84. The van der Waals surface area contributed by atoms with E-state index in [4.69, 9.17) is 32.7 Å². The van der Waals surface area contributed by atoms with Gasteiger partial charge in [-0.3, -0.25) is 33.6 Å². The lowest BCUT2D eigenvalue weighted by atomic mass is 10.0. The van der Waals surface area contributed by atoms with E-state index in [1.165, 1.54) is 55.0 Å². The Balaban J connectivity index is 1.25. The summed E-state index contributed by atoms with van der Waals surface area (Å²) < 4.78 is 69.3. The van der Waals surface area contributed by atoms with E-state index in [0.29, 0.717) is 21.6 Å². The molecule has 0 spiro atoms. The Morgan fingerprint density at radius 1 is 0.981 bits per heavy atom. The molecule has 3 heterocycles. The number of alkyl halides is 2. The minimum Gasteiger partial charge on any atom is -0.489 e. The third kappa shape index (κ3) is 8.60. The smallest absolute Gasteiger partial charge is 0.387 e. The number of pyridine rings is 2. The van der Waals surface area contributed by atoms with Gasteiger partial charge in [0.25, 0.3) is 11.8 Å². The molecule has 0 unspecified atom stereocenters. The lowest BCUT2D eigenvalue weighted by Gasteiger charge is -2.23. The summed E-state index contributed by atoms with van der Waals surface area (Å²) in [6.45, 7) is -3.75. The molecule has 0 radical (unpaired) electrons. The maximum atomic E-state index is 13.5. The number of sulfonamides is 1. The Bertz CT molecular complexity index is 2100. The van der Waals surface area contributed by atoms with E-state index >= 15 is 0 Å². The molecule has 17 heteroatoms. The topological polar surface area (TPSA) is 145 Å². The highest BCUT2D eigenvalue weighted by molar-refractivity contribution is 7.92. The first-order chi connectivity index (χ1) is 24.8. The molecule has 272 valence electrons. The summed E-state index contributed by atoms with van der Waals surface area (Å²) in [6, 6.07) is 11.4. The highest BCUT2D eigenvalue weighted by Crippen LogP contribution is 2.38. The standard InChI is InChI=1S/C35H30Cl2F2N4O8S/c1-52(47,48)43(17-21-3-2-10-40-14-21)23-7-8-24-25(12-23)34(46)42(33(24)45)18-32(44)50-30(13-26-27(36)15-41-16-28(26)37)22-6-9-29(51-35(38)39)31(11-22)49-19-20-4-5-20/h2-3,6-12,14-16,20,30,35H,4-5,13,17-19H2,1H3/t30-/m0/s1. The number of hydrogen-bond donors (Lipinski definition) is 0. The van der Waals surface area contributed by atoms with E-state index in [-0.39, 0.29) is 63.8 Å². The zero-order chi connectivity index (χ0) is 37.2. The maximum absolute atomic E-state index is 13.5. The van der Waals surface area contributed by atoms with Crippen molar-refractivity contribution in [2.45, 2.75) is 38.5 Å². The number of esters is 1. The number of imide groups is 1. The molecule has 4 aromatic rings. The Kier molecular flexibility index (Phi) is 10.9. The summed E-state index contributed by atoms with van der Waals surface area (Å²) in [4.78, 5) is 49.1. The number of fused-ring (bicyclic) bond motifs is 1.